The fourth-order valence-corrected chi connectivity index (χ4v) is 2.58. The SMILES string of the molecule is COc1ccc(/C=C2/NC(=O)N(Cc3ccc(F)cc3)C2=O)c(OC)c1. The first-order chi connectivity index (χ1) is 12.5. The van der Waals surface area contributed by atoms with Crippen LogP contribution in [0.25, 0.3) is 6.08 Å². The van der Waals surface area contributed by atoms with E-state index in [1.54, 1.807) is 31.4 Å². The van der Waals surface area contributed by atoms with E-state index in [4.69, 9.17) is 9.47 Å². The number of hydrogen-bond donors (Lipinski definition) is 1. The molecule has 0 saturated carbocycles. The molecule has 1 fully saturated rings. The predicted molar refractivity (Wildman–Crippen MR) is 93.0 cm³/mol. The van der Waals surface area contributed by atoms with Crippen LogP contribution in [-0.4, -0.2) is 31.1 Å². The van der Waals surface area contributed by atoms with Gasteiger partial charge in [-0.05, 0) is 35.9 Å². The number of ether oxygens (including phenoxy) is 2. The van der Waals surface area contributed by atoms with Crippen molar-refractivity contribution in [3.8, 4) is 11.5 Å². The standard InChI is InChI=1S/C19H17FN2O4/c1-25-15-8-5-13(17(10-15)26-2)9-16-18(23)22(19(24)21-16)11-12-3-6-14(20)7-4-12/h3-10H,11H2,1-2H3,(H,21,24)/b16-9+. The number of carbonyl (C=O) groups excluding carboxylic acids is 2. The number of halogens is 1. The molecule has 0 radical (unpaired) electrons. The lowest BCUT2D eigenvalue weighted by atomic mass is 10.1. The molecule has 26 heavy (non-hydrogen) atoms. The van der Waals surface area contributed by atoms with Gasteiger partial charge in [-0.2, -0.15) is 0 Å². The van der Waals surface area contributed by atoms with E-state index in [1.807, 2.05) is 0 Å². The molecular weight excluding hydrogens is 339 g/mol. The zero-order chi connectivity index (χ0) is 18.7. The van der Waals surface area contributed by atoms with Crippen LogP contribution in [0.4, 0.5) is 9.18 Å². The van der Waals surface area contributed by atoms with Crippen molar-refractivity contribution in [2.75, 3.05) is 14.2 Å². The van der Waals surface area contributed by atoms with Crippen LogP contribution in [0, 0.1) is 5.82 Å². The second-order valence-corrected chi connectivity index (χ2v) is 5.61. The second-order valence-electron chi connectivity index (χ2n) is 5.61. The van der Waals surface area contributed by atoms with Gasteiger partial charge in [0, 0.05) is 11.6 Å². The lowest BCUT2D eigenvalue weighted by molar-refractivity contribution is -0.123. The monoisotopic (exact) mass is 356 g/mol. The Morgan fingerprint density at radius 3 is 2.46 bits per heavy atom. The van der Waals surface area contributed by atoms with E-state index >= 15 is 0 Å². The summed E-state index contributed by atoms with van der Waals surface area (Å²) in [5.74, 6) is 0.287. The van der Waals surface area contributed by atoms with Crippen molar-refractivity contribution in [1.29, 1.82) is 0 Å². The van der Waals surface area contributed by atoms with Gasteiger partial charge >= 0.3 is 6.03 Å². The van der Waals surface area contributed by atoms with E-state index in [0.717, 1.165) is 4.90 Å². The minimum Gasteiger partial charge on any atom is -0.497 e. The van der Waals surface area contributed by atoms with Crippen molar-refractivity contribution >= 4 is 18.0 Å². The molecule has 6 nitrogen and oxygen atoms in total. The van der Waals surface area contributed by atoms with Crippen molar-refractivity contribution in [3.05, 3.63) is 65.1 Å². The van der Waals surface area contributed by atoms with Gasteiger partial charge in [0.15, 0.2) is 0 Å². The average Bonchev–Trinajstić information content (AvgIpc) is 2.91. The normalized spacial score (nSPS) is 15.3. The van der Waals surface area contributed by atoms with Gasteiger partial charge in [0.1, 0.15) is 23.0 Å². The lowest BCUT2D eigenvalue weighted by Gasteiger charge is -2.11. The summed E-state index contributed by atoms with van der Waals surface area (Å²) in [5, 5.41) is 2.55. The fourth-order valence-electron chi connectivity index (χ4n) is 2.58. The van der Waals surface area contributed by atoms with Crippen LogP contribution in [0.1, 0.15) is 11.1 Å². The van der Waals surface area contributed by atoms with Crippen LogP contribution in [0.3, 0.4) is 0 Å². The number of nitrogens with zero attached hydrogens (tertiary/aromatic N) is 1. The zero-order valence-corrected chi connectivity index (χ0v) is 14.3. The first-order valence-corrected chi connectivity index (χ1v) is 7.83. The quantitative estimate of drug-likeness (QED) is 0.661. The molecule has 0 aliphatic carbocycles. The highest BCUT2D eigenvalue weighted by Gasteiger charge is 2.33. The molecule has 1 saturated heterocycles. The third kappa shape index (κ3) is 3.51. The maximum atomic E-state index is 13.0. The van der Waals surface area contributed by atoms with Crippen molar-refractivity contribution in [1.82, 2.24) is 10.2 Å². The maximum Gasteiger partial charge on any atom is 0.329 e. The van der Waals surface area contributed by atoms with E-state index in [9.17, 15) is 14.0 Å². The topological polar surface area (TPSA) is 67.9 Å². The summed E-state index contributed by atoms with van der Waals surface area (Å²) in [6.07, 6.45) is 1.54. The average molecular weight is 356 g/mol. The largest absolute Gasteiger partial charge is 0.497 e. The molecule has 0 atom stereocenters. The Bertz CT molecular complexity index is 878. The van der Waals surface area contributed by atoms with Gasteiger partial charge in [0.25, 0.3) is 5.91 Å². The molecular formula is C19H17FN2O4. The minimum atomic E-state index is -0.530. The molecule has 0 unspecified atom stereocenters. The van der Waals surface area contributed by atoms with E-state index in [2.05, 4.69) is 5.32 Å². The Labute approximate surface area is 149 Å². The maximum absolute atomic E-state index is 13.0. The van der Waals surface area contributed by atoms with Crippen LogP contribution < -0.4 is 14.8 Å². The molecule has 1 heterocycles. The molecule has 2 aromatic carbocycles. The Morgan fingerprint density at radius 2 is 1.81 bits per heavy atom. The van der Waals surface area contributed by atoms with Gasteiger partial charge in [-0.15, -0.1) is 0 Å². The fraction of sp³-hybridized carbons (Fsp3) is 0.158. The molecule has 1 N–H and O–H groups in total. The van der Waals surface area contributed by atoms with Crippen molar-refractivity contribution in [3.63, 3.8) is 0 Å². The van der Waals surface area contributed by atoms with Gasteiger partial charge < -0.3 is 14.8 Å². The molecule has 3 rings (SSSR count). The highest BCUT2D eigenvalue weighted by Crippen LogP contribution is 2.27. The smallest absolute Gasteiger partial charge is 0.329 e. The Kier molecular flexibility index (Phi) is 4.88. The zero-order valence-electron chi connectivity index (χ0n) is 14.3. The number of rotatable bonds is 5. The first kappa shape index (κ1) is 17.5. The highest BCUT2D eigenvalue weighted by molar-refractivity contribution is 6.14. The Hall–Kier alpha value is -3.35. The number of amides is 3. The minimum absolute atomic E-state index is 0.0576. The third-order valence-electron chi connectivity index (χ3n) is 3.96. The summed E-state index contributed by atoms with van der Waals surface area (Å²) < 4.78 is 23.4. The molecule has 1 aliphatic rings. The van der Waals surface area contributed by atoms with Crippen molar-refractivity contribution in [2.45, 2.75) is 6.54 Å². The highest BCUT2D eigenvalue weighted by atomic mass is 19.1. The van der Waals surface area contributed by atoms with Crippen LogP contribution >= 0.6 is 0 Å². The van der Waals surface area contributed by atoms with Gasteiger partial charge in [-0.1, -0.05) is 12.1 Å². The number of hydrogen-bond acceptors (Lipinski definition) is 4. The molecule has 1 aliphatic heterocycles. The molecule has 0 spiro atoms. The van der Waals surface area contributed by atoms with Crippen LogP contribution in [0.15, 0.2) is 48.2 Å². The summed E-state index contributed by atoms with van der Waals surface area (Å²) in [7, 11) is 3.05. The number of nitrogens with one attached hydrogen (secondary N) is 1. The van der Waals surface area contributed by atoms with E-state index < -0.39 is 11.9 Å². The molecule has 3 amide bonds. The van der Waals surface area contributed by atoms with E-state index in [-0.39, 0.29) is 18.1 Å². The summed E-state index contributed by atoms with van der Waals surface area (Å²) >= 11 is 0. The number of benzene rings is 2. The van der Waals surface area contributed by atoms with Crippen LogP contribution in [0.2, 0.25) is 0 Å². The van der Waals surface area contributed by atoms with Crippen molar-refractivity contribution < 1.29 is 23.5 Å². The Morgan fingerprint density at radius 1 is 1.08 bits per heavy atom. The van der Waals surface area contributed by atoms with E-state index in [0.29, 0.717) is 22.6 Å². The Balaban J connectivity index is 1.84. The number of carbonyl (C=O) groups is 2. The second kappa shape index (κ2) is 7.26. The van der Waals surface area contributed by atoms with Crippen LogP contribution in [-0.2, 0) is 11.3 Å². The molecule has 134 valence electrons. The van der Waals surface area contributed by atoms with Crippen molar-refractivity contribution in [2.24, 2.45) is 0 Å². The van der Waals surface area contributed by atoms with Gasteiger partial charge in [0.2, 0.25) is 0 Å². The number of urea groups is 1. The summed E-state index contributed by atoms with van der Waals surface area (Å²) in [6, 6.07) is 10.2. The summed E-state index contributed by atoms with van der Waals surface area (Å²) in [6.45, 7) is 0.0576. The van der Waals surface area contributed by atoms with Gasteiger partial charge in [0.05, 0.1) is 20.8 Å². The number of imide groups is 1. The van der Waals surface area contributed by atoms with E-state index in [1.165, 1.54) is 31.4 Å². The molecule has 7 heteroatoms. The predicted octanol–water partition coefficient (Wildman–Crippen LogP) is 2.94. The number of methoxy groups -OCH3 is 2. The summed E-state index contributed by atoms with van der Waals surface area (Å²) in [4.78, 5) is 25.8. The van der Waals surface area contributed by atoms with Gasteiger partial charge in [-0.3, -0.25) is 9.69 Å². The van der Waals surface area contributed by atoms with Crippen LogP contribution in [0.5, 0.6) is 11.5 Å². The molecule has 0 bridgehead atoms. The molecule has 0 aromatic heterocycles. The van der Waals surface area contributed by atoms with Gasteiger partial charge in [-0.25, -0.2) is 9.18 Å². The summed E-state index contributed by atoms with van der Waals surface area (Å²) in [5.41, 5.74) is 1.42. The third-order valence-corrected chi connectivity index (χ3v) is 3.96. The molecule has 2 aromatic rings. The first-order valence-electron chi connectivity index (χ1n) is 7.83. The lowest BCUT2D eigenvalue weighted by Crippen LogP contribution is -2.30.